The van der Waals surface area contributed by atoms with Crippen molar-refractivity contribution in [3.63, 3.8) is 0 Å². The van der Waals surface area contributed by atoms with Gasteiger partial charge in [0.15, 0.2) is 17.3 Å². The summed E-state index contributed by atoms with van der Waals surface area (Å²) in [5.74, 6) is 1.96. The lowest BCUT2D eigenvalue weighted by molar-refractivity contribution is -0.122. The highest BCUT2D eigenvalue weighted by molar-refractivity contribution is 5.96. The number of carbonyl (C=O) groups is 2. The zero-order valence-electron chi connectivity index (χ0n) is 22.5. The van der Waals surface area contributed by atoms with Crippen LogP contribution in [-0.4, -0.2) is 60.3 Å². The maximum Gasteiger partial charge on any atom is 0.231 e. The molecular weight excluding hydrogens is 484 g/mol. The van der Waals surface area contributed by atoms with Crippen molar-refractivity contribution in [3.8, 4) is 17.2 Å². The molecule has 2 aliphatic heterocycles. The summed E-state index contributed by atoms with van der Waals surface area (Å²) in [4.78, 5) is 27.7. The molecular formula is C30H40N2O6. The molecule has 2 aromatic rings. The van der Waals surface area contributed by atoms with Gasteiger partial charge in [-0.2, -0.15) is 0 Å². The summed E-state index contributed by atoms with van der Waals surface area (Å²) < 4.78 is 16.5. The molecule has 0 radical (unpaired) electrons. The molecule has 8 nitrogen and oxygen atoms in total. The number of Topliss-reactive ketones (excluding diaryl/α,β-unsaturated/α-hetero) is 1. The molecule has 0 aliphatic carbocycles. The number of ketones is 1. The van der Waals surface area contributed by atoms with E-state index in [2.05, 4.69) is 10.2 Å². The van der Waals surface area contributed by atoms with Gasteiger partial charge in [0.1, 0.15) is 5.75 Å². The minimum atomic E-state index is -0.861. The molecule has 2 aliphatic rings. The van der Waals surface area contributed by atoms with Gasteiger partial charge in [0.25, 0.3) is 0 Å². The first kappa shape index (κ1) is 27.9. The smallest absolute Gasteiger partial charge is 0.231 e. The Labute approximate surface area is 225 Å². The van der Waals surface area contributed by atoms with Crippen LogP contribution < -0.4 is 19.5 Å². The van der Waals surface area contributed by atoms with Crippen LogP contribution in [-0.2, 0) is 4.79 Å². The SMILES string of the molecule is CC(C)Oc1ccc(C(=O)CCCCC(=O)N[C@H](CCN2CCCC2)[C@H](O)c2ccc3c(c2)OCO3)cc1. The van der Waals surface area contributed by atoms with Crippen molar-refractivity contribution < 1.29 is 28.9 Å². The molecule has 0 saturated carbocycles. The highest BCUT2D eigenvalue weighted by atomic mass is 16.7. The summed E-state index contributed by atoms with van der Waals surface area (Å²) in [5, 5.41) is 14.3. The summed E-state index contributed by atoms with van der Waals surface area (Å²) in [5.41, 5.74) is 1.34. The van der Waals surface area contributed by atoms with Crippen LogP contribution in [0, 0.1) is 0 Å². The molecule has 1 fully saturated rings. The quantitative estimate of drug-likeness (QED) is 0.274. The lowest BCUT2D eigenvalue weighted by Crippen LogP contribution is -2.41. The number of carbonyl (C=O) groups excluding carboxylic acids is 2. The molecule has 0 bridgehead atoms. The van der Waals surface area contributed by atoms with Gasteiger partial charge in [-0.05, 0) is 101 Å². The van der Waals surface area contributed by atoms with Crippen molar-refractivity contribution in [1.82, 2.24) is 10.2 Å². The van der Waals surface area contributed by atoms with E-state index in [-0.39, 0.29) is 24.6 Å². The number of nitrogens with one attached hydrogen (secondary N) is 1. The van der Waals surface area contributed by atoms with E-state index in [1.807, 2.05) is 32.0 Å². The highest BCUT2D eigenvalue weighted by Crippen LogP contribution is 2.35. The predicted octanol–water partition coefficient (Wildman–Crippen LogP) is 4.65. The summed E-state index contributed by atoms with van der Waals surface area (Å²) in [6.45, 7) is 7.03. The van der Waals surface area contributed by atoms with Crippen LogP contribution in [0.15, 0.2) is 42.5 Å². The Kier molecular flexibility index (Phi) is 10.0. The minimum Gasteiger partial charge on any atom is -0.491 e. The average Bonchev–Trinajstić information content (AvgIpc) is 3.60. The molecule has 2 heterocycles. The minimum absolute atomic E-state index is 0.0585. The monoisotopic (exact) mass is 524 g/mol. The molecule has 38 heavy (non-hydrogen) atoms. The number of unbranched alkanes of at least 4 members (excludes halogenated alkanes) is 1. The van der Waals surface area contributed by atoms with Gasteiger partial charge in [-0.1, -0.05) is 6.07 Å². The van der Waals surface area contributed by atoms with E-state index < -0.39 is 12.1 Å². The van der Waals surface area contributed by atoms with E-state index >= 15 is 0 Å². The molecule has 2 aromatic carbocycles. The average molecular weight is 525 g/mol. The van der Waals surface area contributed by atoms with Crippen LogP contribution >= 0.6 is 0 Å². The van der Waals surface area contributed by atoms with E-state index in [1.165, 1.54) is 12.8 Å². The van der Waals surface area contributed by atoms with Crippen molar-refractivity contribution in [1.29, 1.82) is 0 Å². The van der Waals surface area contributed by atoms with Gasteiger partial charge in [0.2, 0.25) is 12.7 Å². The Morgan fingerprint density at radius 3 is 2.45 bits per heavy atom. The molecule has 1 saturated heterocycles. The van der Waals surface area contributed by atoms with E-state index in [0.29, 0.717) is 54.7 Å². The number of likely N-dealkylation sites (tertiary alicyclic amines) is 1. The van der Waals surface area contributed by atoms with Crippen molar-refractivity contribution in [2.24, 2.45) is 0 Å². The normalized spacial score (nSPS) is 16.4. The summed E-state index contributed by atoms with van der Waals surface area (Å²) in [6, 6.07) is 12.2. The number of hydrogen-bond acceptors (Lipinski definition) is 7. The fourth-order valence-corrected chi connectivity index (χ4v) is 4.95. The first-order valence-corrected chi connectivity index (χ1v) is 13.8. The second kappa shape index (κ2) is 13.6. The second-order valence-corrected chi connectivity index (χ2v) is 10.4. The number of benzene rings is 2. The predicted molar refractivity (Wildman–Crippen MR) is 145 cm³/mol. The second-order valence-electron chi connectivity index (χ2n) is 10.4. The van der Waals surface area contributed by atoms with Gasteiger partial charge < -0.3 is 29.5 Å². The number of hydrogen-bond donors (Lipinski definition) is 2. The number of fused-ring (bicyclic) bond motifs is 1. The Balaban J connectivity index is 1.26. The van der Waals surface area contributed by atoms with Gasteiger partial charge in [-0.3, -0.25) is 9.59 Å². The van der Waals surface area contributed by atoms with Gasteiger partial charge in [0.05, 0.1) is 18.2 Å². The molecule has 8 heteroatoms. The zero-order valence-corrected chi connectivity index (χ0v) is 22.5. The molecule has 0 aromatic heterocycles. The fraction of sp³-hybridized carbons (Fsp3) is 0.533. The van der Waals surface area contributed by atoms with E-state index in [4.69, 9.17) is 14.2 Å². The summed E-state index contributed by atoms with van der Waals surface area (Å²) in [7, 11) is 0. The van der Waals surface area contributed by atoms with Crippen LogP contribution in [0.2, 0.25) is 0 Å². The van der Waals surface area contributed by atoms with E-state index in [1.54, 1.807) is 24.3 Å². The maximum absolute atomic E-state index is 12.8. The van der Waals surface area contributed by atoms with Crippen LogP contribution in [0.1, 0.15) is 80.8 Å². The van der Waals surface area contributed by atoms with E-state index in [0.717, 1.165) is 25.4 Å². The van der Waals surface area contributed by atoms with Crippen molar-refractivity contribution in [2.75, 3.05) is 26.4 Å². The first-order chi connectivity index (χ1) is 18.4. The Bertz CT molecular complexity index is 1060. The fourth-order valence-electron chi connectivity index (χ4n) is 4.95. The van der Waals surface area contributed by atoms with Crippen LogP contribution in [0.5, 0.6) is 17.2 Å². The van der Waals surface area contributed by atoms with E-state index in [9.17, 15) is 14.7 Å². The van der Waals surface area contributed by atoms with Gasteiger partial charge in [-0.15, -0.1) is 0 Å². The van der Waals surface area contributed by atoms with Gasteiger partial charge >= 0.3 is 0 Å². The number of amides is 1. The maximum atomic E-state index is 12.8. The van der Waals surface area contributed by atoms with Crippen molar-refractivity contribution >= 4 is 11.7 Å². The standard InChI is InChI=1S/C30H40N2O6/c1-21(2)38-24-12-9-22(10-13-24)26(33)7-3-4-8-29(34)31-25(15-18-32-16-5-6-17-32)30(35)23-11-14-27-28(19-23)37-20-36-27/h9-14,19,21,25,30,35H,3-8,15-18,20H2,1-2H3,(H,31,34)/t25-,30-/m1/s1. The first-order valence-electron chi connectivity index (χ1n) is 13.8. The number of rotatable bonds is 14. The lowest BCUT2D eigenvalue weighted by atomic mass is 9.98. The molecule has 206 valence electrons. The van der Waals surface area contributed by atoms with Crippen LogP contribution in [0.3, 0.4) is 0 Å². The number of nitrogens with zero attached hydrogens (tertiary/aromatic N) is 1. The highest BCUT2D eigenvalue weighted by Gasteiger charge is 2.26. The molecule has 2 N–H and O–H groups in total. The largest absolute Gasteiger partial charge is 0.491 e. The van der Waals surface area contributed by atoms with Crippen LogP contribution in [0.4, 0.5) is 0 Å². The van der Waals surface area contributed by atoms with Crippen molar-refractivity contribution in [3.05, 3.63) is 53.6 Å². The topological polar surface area (TPSA) is 97.3 Å². The summed E-state index contributed by atoms with van der Waals surface area (Å²) >= 11 is 0. The van der Waals surface area contributed by atoms with Crippen LogP contribution in [0.25, 0.3) is 0 Å². The third-order valence-electron chi connectivity index (χ3n) is 7.03. The Morgan fingerprint density at radius 2 is 1.71 bits per heavy atom. The molecule has 4 rings (SSSR count). The molecule has 1 amide bonds. The zero-order chi connectivity index (χ0) is 26.9. The lowest BCUT2D eigenvalue weighted by Gasteiger charge is -2.27. The number of ether oxygens (including phenoxy) is 3. The third-order valence-corrected chi connectivity index (χ3v) is 7.03. The molecule has 2 atom stereocenters. The van der Waals surface area contributed by atoms with Crippen molar-refractivity contribution in [2.45, 2.75) is 77.0 Å². The van der Waals surface area contributed by atoms with Gasteiger partial charge in [0, 0.05) is 24.9 Å². The van der Waals surface area contributed by atoms with Gasteiger partial charge in [-0.25, -0.2) is 0 Å². The Hall–Kier alpha value is -3.10. The number of aliphatic hydroxyl groups excluding tert-OH is 1. The Morgan fingerprint density at radius 1 is 1.00 bits per heavy atom. The molecule has 0 spiro atoms. The molecule has 0 unspecified atom stereocenters. The number of aliphatic hydroxyl groups is 1. The summed E-state index contributed by atoms with van der Waals surface area (Å²) in [6.07, 6.45) is 4.17. The third kappa shape index (κ3) is 7.95.